The maximum atomic E-state index is 12.5. The highest BCUT2D eigenvalue weighted by atomic mass is 79.9. The number of halogens is 1. The van der Waals surface area contributed by atoms with Crippen LogP contribution in [0.4, 0.5) is 0 Å². The van der Waals surface area contributed by atoms with Gasteiger partial charge < -0.3 is 19.3 Å². The summed E-state index contributed by atoms with van der Waals surface area (Å²) in [6.07, 6.45) is 2.58. The van der Waals surface area contributed by atoms with Crippen molar-refractivity contribution in [2.75, 3.05) is 13.2 Å². The zero-order valence-electron chi connectivity index (χ0n) is 20.4. The van der Waals surface area contributed by atoms with Crippen LogP contribution in [0.25, 0.3) is 6.08 Å². The van der Waals surface area contributed by atoms with E-state index in [0.717, 1.165) is 21.8 Å². The summed E-state index contributed by atoms with van der Waals surface area (Å²) in [6.45, 7) is 6.37. The van der Waals surface area contributed by atoms with Crippen LogP contribution in [0.3, 0.4) is 0 Å². The van der Waals surface area contributed by atoms with E-state index in [-0.39, 0.29) is 35.3 Å². The number of carbonyl (C=O) groups is 2. The second kappa shape index (κ2) is 13.3. The first-order valence-electron chi connectivity index (χ1n) is 11.6. The fourth-order valence-electron chi connectivity index (χ4n) is 3.27. The number of hydrogen-bond donors (Lipinski definition) is 1. The van der Waals surface area contributed by atoms with Crippen molar-refractivity contribution in [1.82, 2.24) is 0 Å². The molecule has 1 N–H and O–H groups in total. The summed E-state index contributed by atoms with van der Waals surface area (Å²) < 4.78 is 17.8. The van der Waals surface area contributed by atoms with Gasteiger partial charge in [-0.05, 0) is 61.7 Å². The third kappa shape index (κ3) is 7.24. The lowest BCUT2D eigenvalue weighted by atomic mass is 10.1. The highest BCUT2D eigenvalue weighted by Crippen LogP contribution is 2.40. The van der Waals surface area contributed by atoms with Crippen LogP contribution >= 0.6 is 27.7 Å². The van der Waals surface area contributed by atoms with Crippen LogP contribution in [0.1, 0.15) is 44.7 Å². The van der Waals surface area contributed by atoms with Gasteiger partial charge in [0.15, 0.2) is 11.5 Å². The Morgan fingerprint density at radius 3 is 2.44 bits per heavy atom. The summed E-state index contributed by atoms with van der Waals surface area (Å²) >= 11 is 4.48. The van der Waals surface area contributed by atoms with Gasteiger partial charge in [-0.25, -0.2) is 9.79 Å². The molecule has 2 aromatic carbocycles. The molecule has 0 atom stereocenters. The Morgan fingerprint density at radius 2 is 1.78 bits per heavy atom. The molecule has 7 nitrogen and oxygen atoms in total. The number of hydrogen-bond acceptors (Lipinski definition) is 7. The van der Waals surface area contributed by atoms with E-state index in [1.807, 2.05) is 44.2 Å². The fourth-order valence-corrected chi connectivity index (χ4v) is 4.57. The Bertz CT molecular complexity index is 1200. The first kappa shape index (κ1) is 27.5. The molecule has 1 heterocycles. The molecule has 0 fully saturated rings. The number of ether oxygens (including phenoxy) is 3. The standard InChI is InChI=1S/C27H28BrNO6S/c1-4-7-23(30)29-26-24(27(32)34-6-3)25(31)22(36-26)15-18-10-13-20(21(14-18)33-5-2)35-16-17-8-11-19(28)12-9-17/h8-15,31H,4-7,16H2,1-3H3/b22-15-,29-26?. The zero-order valence-corrected chi connectivity index (χ0v) is 22.8. The number of carbonyl (C=O) groups excluding carboxylic acids is 2. The lowest BCUT2D eigenvalue weighted by Crippen LogP contribution is -2.14. The number of aliphatic hydroxyl groups is 1. The third-order valence-corrected chi connectivity index (χ3v) is 6.48. The van der Waals surface area contributed by atoms with Gasteiger partial charge in [-0.15, -0.1) is 0 Å². The van der Waals surface area contributed by atoms with Gasteiger partial charge in [0.2, 0.25) is 5.91 Å². The molecular weight excluding hydrogens is 546 g/mol. The molecule has 0 aliphatic carbocycles. The minimum absolute atomic E-state index is 0.1000. The molecule has 1 amide bonds. The topological polar surface area (TPSA) is 94.4 Å². The minimum atomic E-state index is -0.722. The van der Waals surface area contributed by atoms with Crippen molar-refractivity contribution >= 4 is 50.7 Å². The molecule has 190 valence electrons. The second-order valence-corrected chi connectivity index (χ2v) is 9.62. The van der Waals surface area contributed by atoms with Crippen LogP contribution in [0, 0.1) is 0 Å². The normalized spacial score (nSPS) is 15.4. The molecule has 0 spiro atoms. The van der Waals surface area contributed by atoms with Gasteiger partial charge in [0, 0.05) is 10.9 Å². The fraction of sp³-hybridized carbons (Fsp3) is 0.296. The molecule has 1 aliphatic heterocycles. The van der Waals surface area contributed by atoms with Gasteiger partial charge in [-0.2, -0.15) is 0 Å². The van der Waals surface area contributed by atoms with Crippen molar-refractivity contribution < 1.29 is 28.9 Å². The lowest BCUT2D eigenvalue weighted by molar-refractivity contribution is -0.138. The van der Waals surface area contributed by atoms with Crippen molar-refractivity contribution in [2.45, 2.75) is 40.2 Å². The van der Waals surface area contributed by atoms with E-state index in [0.29, 0.717) is 41.6 Å². The second-order valence-electron chi connectivity index (χ2n) is 7.67. The van der Waals surface area contributed by atoms with Gasteiger partial charge in [0.05, 0.1) is 18.1 Å². The molecule has 0 saturated carbocycles. The summed E-state index contributed by atoms with van der Waals surface area (Å²) in [6, 6.07) is 13.3. The maximum Gasteiger partial charge on any atom is 0.344 e. The lowest BCUT2D eigenvalue weighted by Gasteiger charge is -2.13. The van der Waals surface area contributed by atoms with Crippen LogP contribution in [0.2, 0.25) is 0 Å². The van der Waals surface area contributed by atoms with Gasteiger partial charge in [-0.1, -0.05) is 52.8 Å². The SMILES string of the molecule is CCCC(=O)N=C1S/C(=C\c2ccc(OCc3ccc(Br)cc3)c(OCC)c2)C(O)=C1C(=O)OCC. The summed E-state index contributed by atoms with van der Waals surface area (Å²) in [4.78, 5) is 29.0. The first-order valence-corrected chi connectivity index (χ1v) is 13.2. The number of amides is 1. The van der Waals surface area contributed by atoms with Crippen LogP contribution < -0.4 is 9.47 Å². The molecule has 0 unspecified atom stereocenters. The van der Waals surface area contributed by atoms with Crippen molar-refractivity contribution in [3.63, 3.8) is 0 Å². The zero-order chi connectivity index (χ0) is 26.1. The average molecular weight is 574 g/mol. The molecule has 0 saturated heterocycles. The van der Waals surface area contributed by atoms with Crippen molar-refractivity contribution in [1.29, 1.82) is 0 Å². The molecule has 2 aromatic rings. The number of aliphatic imine (C=N–C) groups is 1. The van der Waals surface area contributed by atoms with Crippen molar-refractivity contribution in [2.24, 2.45) is 4.99 Å². The van der Waals surface area contributed by atoms with E-state index in [9.17, 15) is 14.7 Å². The van der Waals surface area contributed by atoms with E-state index in [4.69, 9.17) is 14.2 Å². The number of nitrogens with zero attached hydrogens (tertiary/aromatic N) is 1. The summed E-state index contributed by atoms with van der Waals surface area (Å²) in [5, 5.41) is 10.9. The van der Waals surface area contributed by atoms with Crippen LogP contribution in [0.15, 0.2) is 68.2 Å². The Labute approximate surface area is 223 Å². The van der Waals surface area contributed by atoms with E-state index in [2.05, 4.69) is 20.9 Å². The highest BCUT2D eigenvalue weighted by molar-refractivity contribution is 9.10. The number of rotatable bonds is 10. The minimum Gasteiger partial charge on any atom is -0.506 e. The van der Waals surface area contributed by atoms with E-state index >= 15 is 0 Å². The molecule has 3 rings (SSSR count). The van der Waals surface area contributed by atoms with E-state index < -0.39 is 5.97 Å². The van der Waals surface area contributed by atoms with Gasteiger partial charge >= 0.3 is 5.97 Å². The third-order valence-electron chi connectivity index (χ3n) is 4.93. The smallest absolute Gasteiger partial charge is 0.344 e. The van der Waals surface area contributed by atoms with Crippen molar-refractivity contribution in [3.8, 4) is 11.5 Å². The Morgan fingerprint density at radius 1 is 1.03 bits per heavy atom. The maximum absolute atomic E-state index is 12.5. The molecule has 0 bridgehead atoms. The van der Waals surface area contributed by atoms with Crippen LogP contribution in [0.5, 0.6) is 11.5 Å². The summed E-state index contributed by atoms with van der Waals surface area (Å²) in [7, 11) is 0. The monoisotopic (exact) mass is 573 g/mol. The highest BCUT2D eigenvalue weighted by Gasteiger charge is 2.33. The Hall–Kier alpha value is -3.04. The molecule has 9 heteroatoms. The first-order chi connectivity index (χ1) is 17.4. The predicted octanol–water partition coefficient (Wildman–Crippen LogP) is 6.61. The van der Waals surface area contributed by atoms with E-state index in [1.165, 1.54) is 0 Å². The van der Waals surface area contributed by atoms with Crippen LogP contribution in [-0.2, 0) is 20.9 Å². The largest absolute Gasteiger partial charge is 0.506 e. The Kier molecular flexibility index (Phi) is 10.2. The summed E-state index contributed by atoms with van der Waals surface area (Å²) in [5.41, 5.74) is 1.63. The molecular formula is C27H28BrNO6S. The predicted molar refractivity (Wildman–Crippen MR) is 145 cm³/mol. The van der Waals surface area contributed by atoms with E-state index in [1.54, 1.807) is 25.1 Å². The molecule has 0 aromatic heterocycles. The quantitative estimate of drug-likeness (QED) is 0.319. The van der Waals surface area contributed by atoms with Crippen LogP contribution in [-0.4, -0.2) is 35.2 Å². The molecule has 1 aliphatic rings. The van der Waals surface area contributed by atoms with Gasteiger partial charge in [0.25, 0.3) is 0 Å². The summed E-state index contributed by atoms with van der Waals surface area (Å²) in [5.74, 6) is -0.217. The van der Waals surface area contributed by atoms with Gasteiger partial charge in [-0.3, -0.25) is 4.79 Å². The molecule has 36 heavy (non-hydrogen) atoms. The molecule has 0 radical (unpaired) electrons. The average Bonchev–Trinajstić information content (AvgIpc) is 3.14. The Balaban J connectivity index is 1.89. The number of esters is 1. The number of benzene rings is 2. The van der Waals surface area contributed by atoms with Gasteiger partial charge in [0.1, 0.15) is 23.0 Å². The number of thioether (sulfide) groups is 1. The van der Waals surface area contributed by atoms with Crippen molar-refractivity contribution in [3.05, 3.63) is 74.3 Å². The number of aliphatic hydroxyl groups excluding tert-OH is 1.